The molecule has 2 aliphatic rings. The van der Waals surface area contributed by atoms with Gasteiger partial charge >= 0.3 is 6.18 Å². The Kier molecular flexibility index (Phi) is 5.52. The molecule has 0 saturated carbocycles. The number of nitrogens with zero attached hydrogens (tertiary/aromatic N) is 3. The van der Waals surface area contributed by atoms with E-state index in [1.165, 1.54) is 0 Å². The Balaban J connectivity index is 1.62. The van der Waals surface area contributed by atoms with Gasteiger partial charge in [-0.15, -0.1) is 4.40 Å². The Morgan fingerprint density at radius 3 is 2.58 bits per heavy atom. The summed E-state index contributed by atoms with van der Waals surface area (Å²) in [6.45, 7) is 0.452. The monoisotopic (exact) mass is 469 g/mol. The fourth-order valence-electron chi connectivity index (χ4n) is 3.15. The molecule has 0 bridgehead atoms. The lowest BCUT2D eigenvalue weighted by atomic mass is 10.0. The molecule has 0 spiro atoms. The van der Waals surface area contributed by atoms with Gasteiger partial charge < -0.3 is 9.64 Å². The highest BCUT2D eigenvalue weighted by molar-refractivity contribution is 7.90. The number of halogens is 4. The van der Waals surface area contributed by atoms with Crippen LogP contribution in [0.3, 0.4) is 0 Å². The van der Waals surface area contributed by atoms with Crippen LogP contribution in [-0.2, 0) is 16.2 Å². The molecule has 31 heavy (non-hydrogen) atoms. The van der Waals surface area contributed by atoms with Gasteiger partial charge in [-0.1, -0.05) is 23.7 Å². The van der Waals surface area contributed by atoms with E-state index in [9.17, 15) is 21.6 Å². The predicted molar refractivity (Wildman–Crippen MR) is 110 cm³/mol. The average Bonchev–Trinajstić information content (AvgIpc) is 2.85. The van der Waals surface area contributed by atoms with E-state index in [1.54, 1.807) is 41.4 Å². The smallest absolute Gasteiger partial charge is 0.416 e. The summed E-state index contributed by atoms with van der Waals surface area (Å²) < 4.78 is 72.2. The van der Waals surface area contributed by atoms with Crippen molar-refractivity contribution in [1.29, 1.82) is 0 Å². The van der Waals surface area contributed by atoms with Crippen molar-refractivity contribution >= 4 is 33.0 Å². The SMILES string of the molecule is O=S1(=O)CCCN2C=C(Cl)C=C(c3ccc(Oc4cc(C(F)(F)F)ccn4)cc3)C2=N1. The molecule has 1 aromatic heterocycles. The lowest BCUT2D eigenvalue weighted by Crippen LogP contribution is -2.29. The van der Waals surface area contributed by atoms with Crippen LogP contribution in [0, 0.1) is 0 Å². The largest absolute Gasteiger partial charge is 0.439 e. The molecule has 0 unspecified atom stereocenters. The number of ether oxygens (including phenoxy) is 1. The van der Waals surface area contributed by atoms with Crippen LogP contribution >= 0.6 is 11.6 Å². The summed E-state index contributed by atoms with van der Waals surface area (Å²) >= 11 is 6.21. The molecule has 11 heteroatoms. The van der Waals surface area contributed by atoms with Crippen LogP contribution in [0.1, 0.15) is 17.5 Å². The Labute approximate surface area is 181 Å². The van der Waals surface area contributed by atoms with Crippen LogP contribution in [-0.4, -0.2) is 36.4 Å². The third-order valence-corrected chi connectivity index (χ3v) is 6.01. The van der Waals surface area contributed by atoms with Crippen molar-refractivity contribution < 1.29 is 26.3 Å². The number of amidine groups is 1. The van der Waals surface area contributed by atoms with Gasteiger partial charge in [-0.25, -0.2) is 13.4 Å². The molecular formula is C20H15ClF3N3O3S. The number of pyridine rings is 1. The van der Waals surface area contributed by atoms with E-state index in [1.807, 2.05) is 0 Å². The Morgan fingerprint density at radius 1 is 1.13 bits per heavy atom. The number of hydrogen-bond acceptors (Lipinski definition) is 5. The fraction of sp³-hybridized carbons (Fsp3) is 0.200. The first kappa shape index (κ1) is 21.4. The van der Waals surface area contributed by atoms with Crippen LogP contribution in [0.2, 0.25) is 0 Å². The molecule has 0 fully saturated rings. The first-order valence-electron chi connectivity index (χ1n) is 9.11. The van der Waals surface area contributed by atoms with Gasteiger partial charge in [0.15, 0.2) is 5.84 Å². The van der Waals surface area contributed by atoms with Gasteiger partial charge in [0.05, 0.1) is 16.3 Å². The molecule has 4 rings (SSSR count). The number of sulfonamides is 1. The van der Waals surface area contributed by atoms with Crippen LogP contribution in [0.25, 0.3) is 5.57 Å². The van der Waals surface area contributed by atoms with Gasteiger partial charge in [-0.05, 0) is 36.3 Å². The average molecular weight is 470 g/mol. The highest BCUT2D eigenvalue weighted by Gasteiger charge is 2.31. The maximum atomic E-state index is 12.9. The molecule has 2 aliphatic heterocycles. The number of hydrogen-bond donors (Lipinski definition) is 0. The normalized spacial score (nSPS) is 18.3. The summed E-state index contributed by atoms with van der Waals surface area (Å²) in [6, 6.07) is 8.03. The molecular weight excluding hydrogens is 455 g/mol. The van der Waals surface area contributed by atoms with E-state index in [4.69, 9.17) is 16.3 Å². The maximum Gasteiger partial charge on any atom is 0.416 e. The Morgan fingerprint density at radius 2 is 1.87 bits per heavy atom. The van der Waals surface area contributed by atoms with Crippen molar-refractivity contribution in [1.82, 2.24) is 9.88 Å². The van der Waals surface area contributed by atoms with Gasteiger partial charge in [0, 0.05) is 30.6 Å². The number of rotatable bonds is 3. The van der Waals surface area contributed by atoms with Crippen molar-refractivity contribution in [3.05, 3.63) is 71.0 Å². The number of allylic oxidation sites excluding steroid dienone is 2. The highest BCUT2D eigenvalue weighted by atomic mass is 35.5. The molecule has 0 radical (unpaired) electrons. The first-order valence-corrected chi connectivity index (χ1v) is 11.1. The van der Waals surface area contributed by atoms with Crippen molar-refractivity contribution in [3.63, 3.8) is 0 Å². The van der Waals surface area contributed by atoms with Crippen LogP contribution in [0.15, 0.2) is 64.3 Å². The quantitative estimate of drug-likeness (QED) is 0.645. The van der Waals surface area contributed by atoms with Crippen LogP contribution in [0.5, 0.6) is 11.6 Å². The van der Waals surface area contributed by atoms with Gasteiger partial charge in [0.1, 0.15) is 5.75 Å². The minimum atomic E-state index is -4.50. The van der Waals surface area contributed by atoms with Gasteiger partial charge in [-0.2, -0.15) is 13.2 Å². The lowest BCUT2D eigenvalue weighted by molar-refractivity contribution is -0.137. The second-order valence-electron chi connectivity index (χ2n) is 6.83. The summed E-state index contributed by atoms with van der Waals surface area (Å²) in [5, 5.41) is 0.418. The van der Waals surface area contributed by atoms with Gasteiger partial charge in [-0.3, -0.25) is 0 Å². The Hall–Kier alpha value is -2.85. The molecule has 162 valence electrons. The molecule has 0 amide bonds. The maximum absolute atomic E-state index is 12.9. The van der Waals surface area contributed by atoms with Crippen LogP contribution in [0.4, 0.5) is 13.2 Å². The second-order valence-corrected chi connectivity index (χ2v) is 9.02. The zero-order chi connectivity index (χ0) is 22.2. The topological polar surface area (TPSA) is 71.9 Å². The summed E-state index contributed by atoms with van der Waals surface area (Å²) in [6.07, 6.45) is 0.174. The van der Waals surface area contributed by atoms with Crippen molar-refractivity contribution in [3.8, 4) is 11.6 Å². The molecule has 0 N–H and O–H groups in total. The Bertz CT molecular complexity index is 1210. The van der Waals surface area contributed by atoms with Gasteiger partial charge in [0.25, 0.3) is 10.0 Å². The summed E-state index contributed by atoms with van der Waals surface area (Å²) in [5.41, 5.74) is 0.272. The van der Waals surface area contributed by atoms with E-state index >= 15 is 0 Å². The predicted octanol–water partition coefficient (Wildman–Crippen LogP) is 4.80. The van der Waals surface area contributed by atoms with Gasteiger partial charge in [0.2, 0.25) is 5.88 Å². The van der Waals surface area contributed by atoms with E-state index in [-0.39, 0.29) is 23.2 Å². The van der Waals surface area contributed by atoms with Crippen molar-refractivity contribution in [2.45, 2.75) is 12.6 Å². The molecule has 0 aliphatic carbocycles. The number of aromatic nitrogens is 1. The number of fused-ring (bicyclic) bond motifs is 1. The summed E-state index contributed by atoms with van der Waals surface area (Å²) in [7, 11) is -3.60. The minimum absolute atomic E-state index is 0.0531. The van der Waals surface area contributed by atoms with E-state index in [0.717, 1.165) is 18.3 Å². The molecule has 3 heterocycles. The molecule has 1 aromatic carbocycles. The van der Waals surface area contributed by atoms with E-state index in [0.29, 0.717) is 29.1 Å². The molecule has 0 saturated heterocycles. The van der Waals surface area contributed by atoms with Crippen LogP contribution < -0.4 is 4.74 Å². The fourth-order valence-corrected chi connectivity index (χ4v) is 4.43. The van der Waals surface area contributed by atoms with Crippen molar-refractivity contribution in [2.75, 3.05) is 12.3 Å². The zero-order valence-corrected chi connectivity index (χ0v) is 17.4. The third kappa shape index (κ3) is 4.91. The zero-order valence-electron chi connectivity index (χ0n) is 15.8. The first-order chi connectivity index (χ1) is 14.6. The lowest BCUT2D eigenvalue weighted by Gasteiger charge is -2.26. The summed E-state index contributed by atoms with van der Waals surface area (Å²) in [4.78, 5) is 5.49. The molecule has 6 nitrogen and oxygen atoms in total. The standard InChI is InChI=1S/C20H15ClF3N3O3S/c21-15-11-17(19-26-31(28,29)9-1-8-27(19)12-15)13-2-4-16(5-3-13)30-18-10-14(6-7-25-18)20(22,23)24/h2-7,10-12H,1,8-9H2. The minimum Gasteiger partial charge on any atom is -0.439 e. The summed E-state index contributed by atoms with van der Waals surface area (Å²) in [5.74, 6) is 0.287. The molecule has 2 aromatic rings. The highest BCUT2D eigenvalue weighted by Crippen LogP contribution is 2.33. The number of benzene rings is 1. The molecule has 0 atom stereocenters. The van der Waals surface area contributed by atoms with E-state index in [2.05, 4.69) is 9.38 Å². The van der Waals surface area contributed by atoms with E-state index < -0.39 is 21.8 Å². The van der Waals surface area contributed by atoms with Crippen molar-refractivity contribution in [2.24, 2.45) is 4.40 Å². The number of alkyl halides is 3. The second kappa shape index (κ2) is 8.01. The third-order valence-electron chi connectivity index (χ3n) is 4.55.